The number of nitrogens with zero attached hydrogens (tertiary/aromatic N) is 1. The summed E-state index contributed by atoms with van der Waals surface area (Å²) in [5, 5.41) is 8.99. The Morgan fingerprint density at radius 1 is 1.44 bits per heavy atom. The van der Waals surface area contributed by atoms with Crippen LogP contribution < -0.4 is 0 Å². The summed E-state index contributed by atoms with van der Waals surface area (Å²) in [4.78, 5) is 0. The maximum absolute atomic E-state index is 13.2. The smallest absolute Gasteiger partial charge is 0.143 e. The highest BCUT2D eigenvalue weighted by Gasteiger charge is 2.20. The zero-order valence-electron chi connectivity index (χ0n) is 8.67. The fraction of sp³-hybridized carbons (Fsp3) is 0.417. The van der Waals surface area contributed by atoms with Crippen molar-refractivity contribution in [1.82, 2.24) is 0 Å². The average Bonchev–Trinajstić information content (AvgIpc) is 2.33. The molecule has 0 saturated carbocycles. The Balaban J connectivity index is 2.38. The fourth-order valence-corrected chi connectivity index (χ4v) is 2.08. The molecule has 2 nitrogen and oxygen atoms in total. The number of ether oxygens (including phenoxy) is 1. The third kappa shape index (κ3) is 2.18. The van der Waals surface area contributed by atoms with Crippen molar-refractivity contribution in [2.24, 2.45) is 0 Å². The lowest BCUT2D eigenvalue weighted by Crippen LogP contribution is -2.13. The molecule has 0 bridgehead atoms. The van der Waals surface area contributed by atoms with Gasteiger partial charge in [0.05, 0.1) is 22.8 Å². The fourth-order valence-electron chi connectivity index (χ4n) is 1.91. The van der Waals surface area contributed by atoms with E-state index in [9.17, 15) is 4.39 Å². The molecule has 16 heavy (non-hydrogen) atoms. The van der Waals surface area contributed by atoms with Crippen LogP contribution in [0.15, 0.2) is 12.1 Å². The lowest BCUT2D eigenvalue weighted by molar-refractivity contribution is 0.0148. The first-order chi connectivity index (χ1) is 7.72. The average molecular weight is 240 g/mol. The van der Waals surface area contributed by atoms with Gasteiger partial charge in [-0.2, -0.15) is 5.26 Å². The topological polar surface area (TPSA) is 33.0 Å². The van der Waals surface area contributed by atoms with Crippen molar-refractivity contribution < 1.29 is 9.13 Å². The second-order valence-corrected chi connectivity index (χ2v) is 4.23. The van der Waals surface area contributed by atoms with E-state index < -0.39 is 5.82 Å². The standard InChI is InChI=1S/C12H11ClFNO/c13-10-6-9(8(7-15)5-11(10)14)12-3-1-2-4-16-12/h5-6,12H,1-4H2. The maximum atomic E-state index is 13.2. The van der Waals surface area contributed by atoms with E-state index in [1.54, 1.807) is 0 Å². The highest BCUT2D eigenvalue weighted by Crippen LogP contribution is 2.32. The minimum absolute atomic E-state index is 0.0446. The minimum Gasteiger partial charge on any atom is -0.373 e. The van der Waals surface area contributed by atoms with Gasteiger partial charge in [-0.15, -0.1) is 0 Å². The molecule has 1 saturated heterocycles. The van der Waals surface area contributed by atoms with Crippen molar-refractivity contribution in [3.8, 4) is 6.07 Å². The van der Waals surface area contributed by atoms with Gasteiger partial charge in [-0.25, -0.2) is 4.39 Å². The highest BCUT2D eigenvalue weighted by atomic mass is 35.5. The SMILES string of the molecule is N#Cc1cc(F)c(Cl)cc1C1CCCCO1. The van der Waals surface area contributed by atoms with Gasteiger partial charge in [0, 0.05) is 12.2 Å². The van der Waals surface area contributed by atoms with Crippen LogP contribution in [0.1, 0.15) is 36.5 Å². The molecular formula is C12H11ClFNO. The molecule has 1 aromatic rings. The summed E-state index contributed by atoms with van der Waals surface area (Å²) in [6.45, 7) is 0.685. The third-order valence-corrected chi connectivity index (χ3v) is 3.03. The van der Waals surface area contributed by atoms with E-state index in [1.807, 2.05) is 6.07 Å². The number of hydrogen-bond acceptors (Lipinski definition) is 2. The third-order valence-electron chi connectivity index (χ3n) is 2.74. The number of rotatable bonds is 1. The number of hydrogen-bond donors (Lipinski definition) is 0. The lowest BCUT2D eigenvalue weighted by Gasteiger charge is -2.23. The summed E-state index contributed by atoms with van der Waals surface area (Å²) < 4.78 is 18.8. The van der Waals surface area contributed by atoms with Crippen LogP contribution in [0.4, 0.5) is 4.39 Å². The molecule has 1 fully saturated rings. The van der Waals surface area contributed by atoms with Crippen molar-refractivity contribution in [2.75, 3.05) is 6.61 Å². The lowest BCUT2D eigenvalue weighted by atomic mass is 9.97. The number of halogens is 2. The molecule has 4 heteroatoms. The second kappa shape index (κ2) is 4.82. The summed E-state index contributed by atoms with van der Waals surface area (Å²) >= 11 is 5.72. The predicted molar refractivity (Wildman–Crippen MR) is 58.7 cm³/mol. The van der Waals surface area contributed by atoms with Gasteiger partial charge in [-0.1, -0.05) is 11.6 Å². The zero-order valence-corrected chi connectivity index (χ0v) is 9.43. The molecule has 0 amide bonds. The molecule has 0 aromatic heterocycles. The van der Waals surface area contributed by atoms with Gasteiger partial charge in [0.1, 0.15) is 5.82 Å². The maximum Gasteiger partial charge on any atom is 0.143 e. The monoisotopic (exact) mass is 239 g/mol. The molecule has 0 radical (unpaired) electrons. The second-order valence-electron chi connectivity index (χ2n) is 3.82. The first-order valence-electron chi connectivity index (χ1n) is 5.23. The van der Waals surface area contributed by atoms with Crippen molar-refractivity contribution in [2.45, 2.75) is 25.4 Å². The predicted octanol–water partition coefficient (Wildman–Crippen LogP) is 3.59. The molecule has 2 rings (SSSR count). The van der Waals surface area contributed by atoms with E-state index in [0.717, 1.165) is 19.3 Å². The van der Waals surface area contributed by atoms with Gasteiger partial charge in [-0.3, -0.25) is 0 Å². The Morgan fingerprint density at radius 3 is 2.88 bits per heavy atom. The zero-order chi connectivity index (χ0) is 11.5. The quantitative estimate of drug-likeness (QED) is 0.750. The Hall–Kier alpha value is -1.11. The van der Waals surface area contributed by atoms with Crippen LogP contribution in [-0.2, 0) is 4.74 Å². The molecule has 1 aromatic carbocycles. The number of benzene rings is 1. The molecule has 0 aliphatic carbocycles. The molecule has 1 aliphatic heterocycles. The molecule has 1 atom stereocenters. The summed E-state index contributed by atoms with van der Waals surface area (Å²) in [6, 6.07) is 4.66. The minimum atomic E-state index is -0.558. The van der Waals surface area contributed by atoms with Gasteiger partial charge in [0.15, 0.2) is 0 Å². The first kappa shape index (κ1) is 11.4. The molecule has 84 valence electrons. The van der Waals surface area contributed by atoms with Crippen LogP contribution in [0, 0.1) is 17.1 Å². The van der Waals surface area contributed by atoms with Crippen LogP contribution >= 0.6 is 11.6 Å². The summed E-state index contributed by atoms with van der Waals surface area (Å²) in [5.41, 5.74) is 1.02. The van der Waals surface area contributed by atoms with E-state index >= 15 is 0 Å². The molecule has 0 N–H and O–H groups in total. The summed E-state index contributed by atoms with van der Waals surface area (Å²) in [6.07, 6.45) is 2.83. The molecule has 1 unspecified atom stereocenters. The van der Waals surface area contributed by atoms with Crippen molar-refractivity contribution >= 4 is 11.6 Å². The van der Waals surface area contributed by atoms with Gasteiger partial charge >= 0.3 is 0 Å². The van der Waals surface area contributed by atoms with E-state index in [4.69, 9.17) is 21.6 Å². The Morgan fingerprint density at radius 2 is 2.25 bits per heavy atom. The molecule has 0 spiro atoms. The molecular weight excluding hydrogens is 229 g/mol. The van der Waals surface area contributed by atoms with E-state index in [0.29, 0.717) is 17.7 Å². The Labute approximate surface area is 98.6 Å². The van der Waals surface area contributed by atoms with Gasteiger partial charge in [0.2, 0.25) is 0 Å². The van der Waals surface area contributed by atoms with Gasteiger partial charge in [-0.05, 0) is 31.4 Å². The van der Waals surface area contributed by atoms with E-state index in [1.165, 1.54) is 12.1 Å². The van der Waals surface area contributed by atoms with Crippen molar-refractivity contribution in [1.29, 1.82) is 5.26 Å². The first-order valence-corrected chi connectivity index (χ1v) is 5.61. The van der Waals surface area contributed by atoms with Crippen LogP contribution in [0.5, 0.6) is 0 Å². The largest absolute Gasteiger partial charge is 0.373 e. The van der Waals surface area contributed by atoms with Crippen LogP contribution in [0.25, 0.3) is 0 Å². The van der Waals surface area contributed by atoms with E-state index in [2.05, 4.69) is 0 Å². The van der Waals surface area contributed by atoms with Crippen LogP contribution in [0.2, 0.25) is 5.02 Å². The summed E-state index contributed by atoms with van der Waals surface area (Å²) in [7, 11) is 0. The number of nitriles is 1. The molecule has 1 aliphatic rings. The van der Waals surface area contributed by atoms with E-state index in [-0.39, 0.29) is 11.1 Å². The normalized spacial score (nSPS) is 20.4. The van der Waals surface area contributed by atoms with Crippen LogP contribution in [0.3, 0.4) is 0 Å². The van der Waals surface area contributed by atoms with Gasteiger partial charge in [0.25, 0.3) is 0 Å². The van der Waals surface area contributed by atoms with Gasteiger partial charge < -0.3 is 4.74 Å². The summed E-state index contributed by atoms with van der Waals surface area (Å²) in [5.74, 6) is -0.558. The van der Waals surface area contributed by atoms with Crippen molar-refractivity contribution in [3.05, 3.63) is 34.1 Å². The Bertz CT molecular complexity index is 435. The van der Waals surface area contributed by atoms with Crippen molar-refractivity contribution in [3.63, 3.8) is 0 Å². The molecule has 1 heterocycles. The van der Waals surface area contributed by atoms with Crippen LogP contribution in [-0.4, -0.2) is 6.61 Å². The Kier molecular flexibility index (Phi) is 3.42. The highest BCUT2D eigenvalue weighted by molar-refractivity contribution is 6.30.